The predicted molar refractivity (Wildman–Crippen MR) is 126 cm³/mol. The summed E-state index contributed by atoms with van der Waals surface area (Å²) in [5.41, 5.74) is 3.51. The van der Waals surface area contributed by atoms with Crippen LogP contribution in [0.15, 0.2) is 67.1 Å². The van der Waals surface area contributed by atoms with E-state index >= 15 is 0 Å². The number of ether oxygens (including phenoxy) is 1. The van der Waals surface area contributed by atoms with Gasteiger partial charge in [-0.3, -0.25) is 14.6 Å². The van der Waals surface area contributed by atoms with Crippen LogP contribution in [-0.2, 0) is 11.2 Å². The summed E-state index contributed by atoms with van der Waals surface area (Å²) in [4.78, 5) is 38.7. The number of methoxy groups -OCH3 is 1. The molecule has 1 saturated heterocycles. The lowest BCUT2D eigenvalue weighted by Gasteiger charge is -2.41. The number of amides is 2. The number of rotatable bonds is 7. The predicted octanol–water partition coefficient (Wildman–Crippen LogP) is 3.46. The number of nitrogens with zero attached hydrogens (tertiary/aromatic N) is 4. The number of aromatic nitrogens is 2. The first-order valence-corrected chi connectivity index (χ1v) is 11.2. The van der Waals surface area contributed by atoms with Crippen molar-refractivity contribution < 1.29 is 14.3 Å². The summed E-state index contributed by atoms with van der Waals surface area (Å²) in [6.07, 6.45) is 6.44. The normalized spacial score (nSPS) is 16.1. The Morgan fingerprint density at radius 2 is 1.94 bits per heavy atom. The lowest BCUT2D eigenvalue weighted by atomic mass is 9.97. The first kappa shape index (κ1) is 22.5. The number of pyridine rings is 2. The van der Waals surface area contributed by atoms with Crippen LogP contribution in [0.3, 0.4) is 0 Å². The highest BCUT2D eigenvalue weighted by Crippen LogP contribution is 2.24. The zero-order chi connectivity index (χ0) is 23.2. The fourth-order valence-electron chi connectivity index (χ4n) is 4.23. The zero-order valence-electron chi connectivity index (χ0n) is 19.0. The van der Waals surface area contributed by atoms with Gasteiger partial charge in [-0.2, -0.15) is 0 Å². The van der Waals surface area contributed by atoms with Crippen molar-refractivity contribution in [1.29, 1.82) is 0 Å². The Morgan fingerprint density at radius 3 is 2.70 bits per heavy atom. The van der Waals surface area contributed by atoms with Crippen LogP contribution in [-0.4, -0.2) is 64.4 Å². The van der Waals surface area contributed by atoms with E-state index in [1.165, 1.54) is 7.11 Å². The first-order valence-electron chi connectivity index (χ1n) is 11.2. The van der Waals surface area contributed by atoms with Gasteiger partial charge >= 0.3 is 0 Å². The highest BCUT2D eigenvalue weighted by atomic mass is 16.5. The summed E-state index contributed by atoms with van der Waals surface area (Å²) >= 11 is 0. The number of hydrogen-bond donors (Lipinski definition) is 0. The van der Waals surface area contributed by atoms with Gasteiger partial charge in [0.05, 0.1) is 7.11 Å². The second-order valence-electron chi connectivity index (χ2n) is 8.07. The molecular formula is C26H28N4O3. The minimum atomic E-state index is -0.568. The Kier molecular flexibility index (Phi) is 6.98. The van der Waals surface area contributed by atoms with E-state index in [1.807, 2.05) is 41.4 Å². The summed E-state index contributed by atoms with van der Waals surface area (Å²) < 4.78 is 5.18. The highest BCUT2D eigenvalue weighted by Gasteiger charge is 2.37. The van der Waals surface area contributed by atoms with Gasteiger partial charge in [0, 0.05) is 56.3 Å². The number of carbonyl (C=O) groups excluding carboxylic acids is 2. The van der Waals surface area contributed by atoms with E-state index in [1.54, 1.807) is 29.4 Å². The van der Waals surface area contributed by atoms with Crippen LogP contribution < -0.4 is 4.74 Å². The smallest absolute Gasteiger partial charge is 0.254 e. The number of carbonyl (C=O) groups is 2. The van der Waals surface area contributed by atoms with Crippen LogP contribution in [0.2, 0.25) is 0 Å². The second kappa shape index (κ2) is 10.3. The van der Waals surface area contributed by atoms with Crippen LogP contribution in [0.4, 0.5) is 0 Å². The average molecular weight is 445 g/mol. The van der Waals surface area contributed by atoms with Crippen molar-refractivity contribution in [3.05, 3.63) is 78.2 Å². The van der Waals surface area contributed by atoms with Gasteiger partial charge in [-0.05, 0) is 35.2 Å². The zero-order valence-corrected chi connectivity index (χ0v) is 19.0. The molecule has 3 aromatic rings. The third-order valence-corrected chi connectivity index (χ3v) is 5.88. The summed E-state index contributed by atoms with van der Waals surface area (Å²) in [7, 11) is 1.52. The number of piperazine rings is 1. The first-order chi connectivity index (χ1) is 16.1. The molecule has 0 unspecified atom stereocenters. The minimum Gasteiger partial charge on any atom is -0.481 e. The van der Waals surface area contributed by atoms with E-state index in [4.69, 9.17) is 4.74 Å². The Morgan fingerprint density at radius 1 is 1.09 bits per heavy atom. The molecule has 7 nitrogen and oxygen atoms in total. The third-order valence-electron chi connectivity index (χ3n) is 5.88. The van der Waals surface area contributed by atoms with E-state index in [0.717, 1.165) is 23.1 Å². The van der Waals surface area contributed by atoms with Gasteiger partial charge in [0.25, 0.3) is 5.91 Å². The average Bonchev–Trinajstić information content (AvgIpc) is 2.87. The Labute approximate surface area is 194 Å². The van der Waals surface area contributed by atoms with E-state index in [2.05, 4.69) is 23.0 Å². The van der Waals surface area contributed by atoms with Crippen molar-refractivity contribution in [2.45, 2.75) is 25.8 Å². The van der Waals surface area contributed by atoms with Gasteiger partial charge in [0.15, 0.2) is 0 Å². The van der Waals surface area contributed by atoms with Crippen LogP contribution in [0, 0.1) is 0 Å². The van der Waals surface area contributed by atoms with E-state index in [0.29, 0.717) is 37.5 Å². The standard InChI is InChI=1S/C26H28N4O3/c1-3-12-29-13-14-30(25(31)21-9-11-28-24(17-21)33-2)23(26(29)32)16-19-6-4-7-20(15-19)22-8-5-10-27-18-22/h4-11,15,17-18,23H,3,12-14,16H2,1-2H3/t23-/m1/s1. The molecular weight excluding hydrogens is 416 g/mol. The molecule has 7 heteroatoms. The molecule has 1 fully saturated rings. The molecule has 0 spiro atoms. The summed E-state index contributed by atoms with van der Waals surface area (Å²) in [5.74, 6) is 0.176. The minimum absolute atomic E-state index is 0.00995. The summed E-state index contributed by atoms with van der Waals surface area (Å²) in [6.45, 7) is 3.77. The quantitative estimate of drug-likeness (QED) is 0.558. The second-order valence-corrected chi connectivity index (χ2v) is 8.07. The van der Waals surface area contributed by atoms with E-state index in [9.17, 15) is 9.59 Å². The van der Waals surface area contributed by atoms with Gasteiger partial charge < -0.3 is 14.5 Å². The van der Waals surface area contributed by atoms with Crippen LogP contribution >= 0.6 is 0 Å². The molecule has 0 bridgehead atoms. The maximum absolute atomic E-state index is 13.4. The van der Waals surface area contributed by atoms with Crippen molar-refractivity contribution in [1.82, 2.24) is 19.8 Å². The SMILES string of the molecule is CCCN1CCN(C(=O)c2ccnc(OC)c2)[C@H](Cc2cccc(-c3cccnc3)c2)C1=O. The summed E-state index contributed by atoms with van der Waals surface area (Å²) in [5, 5.41) is 0. The van der Waals surface area contributed by atoms with Gasteiger partial charge in [-0.15, -0.1) is 0 Å². The molecule has 2 amide bonds. The summed E-state index contributed by atoms with van der Waals surface area (Å²) in [6, 6.07) is 14.7. The molecule has 0 N–H and O–H groups in total. The Bertz CT molecular complexity index is 1120. The molecule has 1 aliphatic rings. The highest BCUT2D eigenvalue weighted by molar-refractivity contribution is 5.98. The van der Waals surface area contributed by atoms with E-state index < -0.39 is 6.04 Å². The van der Waals surface area contributed by atoms with Crippen molar-refractivity contribution in [2.24, 2.45) is 0 Å². The molecule has 0 saturated carbocycles. The largest absolute Gasteiger partial charge is 0.481 e. The molecule has 1 aliphatic heterocycles. The Hall–Kier alpha value is -3.74. The maximum Gasteiger partial charge on any atom is 0.254 e. The van der Waals surface area contributed by atoms with Crippen molar-refractivity contribution in [3.8, 4) is 17.0 Å². The van der Waals surface area contributed by atoms with Crippen molar-refractivity contribution in [2.75, 3.05) is 26.7 Å². The number of hydrogen-bond acceptors (Lipinski definition) is 5. The lowest BCUT2D eigenvalue weighted by Crippen LogP contribution is -2.59. The third kappa shape index (κ3) is 5.03. The van der Waals surface area contributed by atoms with Crippen LogP contribution in [0.5, 0.6) is 5.88 Å². The van der Waals surface area contributed by atoms with Gasteiger partial charge in [-0.1, -0.05) is 37.3 Å². The van der Waals surface area contributed by atoms with Crippen LogP contribution in [0.1, 0.15) is 29.3 Å². The topological polar surface area (TPSA) is 75.6 Å². The van der Waals surface area contributed by atoms with Gasteiger partial charge in [0.1, 0.15) is 6.04 Å². The van der Waals surface area contributed by atoms with E-state index in [-0.39, 0.29) is 11.8 Å². The molecule has 170 valence electrons. The van der Waals surface area contributed by atoms with Gasteiger partial charge in [-0.25, -0.2) is 4.98 Å². The molecule has 3 heterocycles. The van der Waals surface area contributed by atoms with Gasteiger partial charge in [0.2, 0.25) is 11.8 Å². The molecule has 1 atom stereocenters. The monoisotopic (exact) mass is 444 g/mol. The molecule has 1 aromatic carbocycles. The molecule has 4 rings (SSSR count). The number of benzene rings is 1. The molecule has 33 heavy (non-hydrogen) atoms. The fourth-order valence-corrected chi connectivity index (χ4v) is 4.23. The molecule has 2 aromatic heterocycles. The van der Waals surface area contributed by atoms with Crippen molar-refractivity contribution in [3.63, 3.8) is 0 Å². The fraction of sp³-hybridized carbons (Fsp3) is 0.308. The van der Waals surface area contributed by atoms with Crippen molar-refractivity contribution >= 4 is 11.8 Å². The molecule has 0 aliphatic carbocycles. The Balaban J connectivity index is 1.63. The maximum atomic E-state index is 13.4. The molecule has 0 radical (unpaired) electrons. The lowest BCUT2D eigenvalue weighted by molar-refractivity contribution is -0.140. The van der Waals surface area contributed by atoms with Crippen LogP contribution in [0.25, 0.3) is 11.1 Å².